The zero-order valence-corrected chi connectivity index (χ0v) is 10.0. The third-order valence-electron chi connectivity index (χ3n) is 1.91. The third-order valence-corrected chi connectivity index (χ3v) is 1.91. The van der Waals surface area contributed by atoms with Crippen LogP contribution in [0.3, 0.4) is 0 Å². The normalized spacial score (nSPS) is 9.71. The van der Waals surface area contributed by atoms with Crippen LogP contribution in [0.4, 0.5) is 10.5 Å². The van der Waals surface area contributed by atoms with Gasteiger partial charge in [0.1, 0.15) is 0 Å². The molecule has 0 atom stereocenters. The van der Waals surface area contributed by atoms with Crippen molar-refractivity contribution >= 4 is 11.7 Å². The van der Waals surface area contributed by atoms with Gasteiger partial charge in [0, 0.05) is 12.2 Å². The van der Waals surface area contributed by atoms with Crippen molar-refractivity contribution in [2.75, 3.05) is 25.1 Å². The number of rotatable bonds is 6. The molecule has 17 heavy (non-hydrogen) atoms. The molecule has 4 nitrogen and oxygen atoms in total. The summed E-state index contributed by atoms with van der Waals surface area (Å²) in [6.07, 6.45) is 0. The fourth-order valence-electron chi connectivity index (χ4n) is 1.18. The van der Waals surface area contributed by atoms with E-state index >= 15 is 0 Å². The van der Waals surface area contributed by atoms with Crippen LogP contribution in [0.1, 0.15) is 6.92 Å². The Kier molecular flexibility index (Phi) is 5.82. The van der Waals surface area contributed by atoms with Gasteiger partial charge < -0.3 is 15.4 Å². The molecule has 0 heterocycles. The van der Waals surface area contributed by atoms with Gasteiger partial charge in [-0.25, -0.2) is 4.79 Å². The number of hydrogen-bond acceptors (Lipinski definition) is 2. The molecule has 0 bridgehead atoms. The van der Waals surface area contributed by atoms with Crippen LogP contribution in [-0.2, 0) is 4.74 Å². The topological polar surface area (TPSA) is 50.4 Å². The highest BCUT2D eigenvalue weighted by Gasteiger charge is 1.99. The van der Waals surface area contributed by atoms with Gasteiger partial charge in [-0.05, 0) is 19.1 Å². The minimum Gasteiger partial charge on any atom is -0.375 e. The third kappa shape index (κ3) is 6.37. The monoisotopic (exact) mass is 234 g/mol. The van der Waals surface area contributed by atoms with E-state index in [0.29, 0.717) is 19.8 Å². The molecule has 92 valence electrons. The van der Waals surface area contributed by atoms with Gasteiger partial charge >= 0.3 is 6.03 Å². The van der Waals surface area contributed by atoms with E-state index in [9.17, 15) is 4.79 Å². The Morgan fingerprint density at radius 1 is 1.35 bits per heavy atom. The average Bonchev–Trinajstić information content (AvgIpc) is 2.29. The van der Waals surface area contributed by atoms with Crippen LogP contribution < -0.4 is 10.6 Å². The number of ether oxygens (including phenoxy) is 1. The van der Waals surface area contributed by atoms with Gasteiger partial charge in [-0.15, -0.1) is 0 Å². The predicted molar refractivity (Wildman–Crippen MR) is 69.1 cm³/mol. The van der Waals surface area contributed by atoms with Crippen LogP contribution in [-0.4, -0.2) is 25.8 Å². The van der Waals surface area contributed by atoms with Crippen molar-refractivity contribution in [2.24, 2.45) is 0 Å². The highest BCUT2D eigenvalue weighted by Crippen LogP contribution is 2.03. The van der Waals surface area contributed by atoms with Crippen molar-refractivity contribution in [1.82, 2.24) is 5.32 Å². The number of amides is 2. The molecule has 2 N–H and O–H groups in total. The first kappa shape index (κ1) is 13.3. The van der Waals surface area contributed by atoms with Crippen molar-refractivity contribution in [2.45, 2.75) is 6.92 Å². The fraction of sp³-hybridized carbons (Fsp3) is 0.308. The Bertz CT molecular complexity index is 363. The molecule has 2 amide bonds. The lowest BCUT2D eigenvalue weighted by atomic mass is 10.3. The second-order valence-electron chi connectivity index (χ2n) is 3.76. The molecular weight excluding hydrogens is 216 g/mol. The molecule has 0 saturated heterocycles. The van der Waals surface area contributed by atoms with Crippen LogP contribution in [0.2, 0.25) is 0 Å². The number of nitrogens with one attached hydrogen (secondary N) is 2. The Hall–Kier alpha value is -1.81. The number of carbonyl (C=O) groups is 1. The van der Waals surface area contributed by atoms with Gasteiger partial charge in [-0.1, -0.05) is 30.4 Å². The van der Waals surface area contributed by atoms with E-state index in [1.165, 1.54) is 0 Å². The first-order valence-electron chi connectivity index (χ1n) is 5.50. The van der Waals surface area contributed by atoms with E-state index in [2.05, 4.69) is 17.2 Å². The SMILES string of the molecule is C=C(C)COCCNC(=O)Nc1ccccc1. The quantitative estimate of drug-likeness (QED) is 0.586. The molecule has 1 aromatic carbocycles. The number of para-hydroxylation sites is 1. The van der Waals surface area contributed by atoms with Gasteiger partial charge in [0.15, 0.2) is 0 Å². The zero-order chi connectivity index (χ0) is 12.5. The summed E-state index contributed by atoms with van der Waals surface area (Å²) in [4.78, 5) is 11.4. The first-order valence-corrected chi connectivity index (χ1v) is 5.50. The maximum absolute atomic E-state index is 11.4. The fourth-order valence-corrected chi connectivity index (χ4v) is 1.18. The second kappa shape index (κ2) is 7.46. The van der Waals surface area contributed by atoms with E-state index < -0.39 is 0 Å². The average molecular weight is 234 g/mol. The maximum atomic E-state index is 11.4. The minimum atomic E-state index is -0.227. The second-order valence-corrected chi connectivity index (χ2v) is 3.76. The molecule has 0 unspecified atom stereocenters. The molecule has 1 aromatic rings. The molecule has 0 radical (unpaired) electrons. The van der Waals surface area contributed by atoms with Crippen LogP contribution >= 0.6 is 0 Å². The van der Waals surface area contributed by atoms with Crippen molar-refractivity contribution in [3.63, 3.8) is 0 Å². The predicted octanol–water partition coefficient (Wildman–Crippen LogP) is 2.40. The Balaban J connectivity index is 2.12. The maximum Gasteiger partial charge on any atom is 0.319 e. The Morgan fingerprint density at radius 2 is 2.06 bits per heavy atom. The number of carbonyl (C=O) groups excluding carboxylic acids is 1. The number of hydrogen-bond donors (Lipinski definition) is 2. The number of benzene rings is 1. The molecular formula is C13H18N2O2. The summed E-state index contributed by atoms with van der Waals surface area (Å²) < 4.78 is 5.25. The summed E-state index contributed by atoms with van der Waals surface area (Å²) in [5, 5.41) is 5.42. The van der Waals surface area contributed by atoms with Crippen LogP contribution in [0.25, 0.3) is 0 Å². The Morgan fingerprint density at radius 3 is 2.71 bits per heavy atom. The standard InChI is InChI=1S/C13H18N2O2/c1-11(2)10-17-9-8-14-13(16)15-12-6-4-3-5-7-12/h3-7H,1,8-10H2,2H3,(H2,14,15,16). The molecule has 0 fully saturated rings. The van der Waals surface area contributed by atoms with Crippen molar-refractivity contribution in [3.8, 4) is 0 Å². The summed E-state index contributed by atoms with van der Waals surface area (Å²) in [5.74, 6) is 0. The first-order chi connectivity index (χ1) is 8.18. The van der Waals surface area contributed by atoms with Crippen LogP contribution in [0.5, 0.6) is 0 Å². The molecule has 0 aromatic heterocycles. The largest absolute Gasteiger partial charge is 0.375 e. The summed E-state index contributed by atoms with van der Waals surface area (Å²) in [6, 6.07) is 9.06. The summed E-state index contributed by atoms with van der Waals surface area (Å²) >= 11 is 0. The summed E-state index contributed by atoms with van der Waals surface area (Å²) in [7, 11) is 0. The number of anilines is 1. The molecule has 1 rings (SSSR count). The molecule has 0 aliphatic carbocycles. The lowest BCUT2D eigenvalue weighted by Crippen LogP contribution is -2.31. The van der Waals surface area contributed by atoms with E-state index in [-0.39, 0.29) is 6.03 Å². The van der Waals surface area contributed by atoms with Gasteiger partial charge in [-0.2, -0.15) is 0 Å². The van der Waals surface area contributed by atoms with Gasteiger partial charge in [0.05, 0.1) is 13.2 Å². The molecule has 0 aliphatic rings. The van der Waals surface area contributed by atoms with Crippen molar-refractivity contribution in [1.29, 1.82) is 0 Å². The summed E-state index contributed by atoms with van der Waals surface area (Å²) in [6.45, 7) is 7.11. The van der Waals surface area contributed by atoms with Gasteiger partial charge in [0.25, 0.3) is 0 Å². The smallest absolute Gasteiger partial charge is 0.319 e. The van der Waals surface area contributed by atoms with Gasteiger partial charge in [-0.3, -0.25) is 0 Å². The highest BCUT2D eigenvalue weighted by atomic mass is 16.5. The van der Waals surface area contributed by atoms with Gasteiger partial charge in [0.2, 0.25) is 0 Å². The zero-order valence-electron chi connectivity index (χ0n) is 10.0. The van der Waals surface area contributed by atoms with Crippen LogP contribution in [0.15, 0.2) is 42.5 Å². The minimum absolute atomic E-state index is 0.227. The van der Waals surface area contributed by atoms with E-state index in [1.807, 2.05) is 37.3 Å². The van der Waals surface area contributed by atoms with E-state index in [1.54, 1.807) is 0 Å². The van der Waals surface area contributed by atoms with E-state index in [4.69, 9.17) is 4.74 Å². The van der Waals surface area contributed by atoms with Crippen LogP contribution in [0, 0.1) is 0 Å². The lowest BCUT2D eigenvalue weighted by molar-refractivity contribution is 0.159. The molecule has 4 heteroatoms. The Labute approximate surface area is 102 Å². The lowest BCUT2D eigenvalue weighted by Gasteiger charge is -2.07. The van der Waals surface area contributed by atoms with Crippen molar-refractivity contribution in [3.05, 3.63) is 42.5 Å². The molecule has 0 spiro atoms. The molecule has 0 saturated carbocycles. The molecule has 0 aliphatic heterocycles. The number of urea groups is 1. The summed E-state index contributed by atoms with van der Waals surface area (Å²) in [5.41, 5.74) is 1.74. The van der Waals surface area contributed by atoms with Crippen molar-refractivity contribution < 1.29 is 9.53 Å². The highest BCUT2D eigenvalue weighted by molar-refractivity contribution is 5.89. The van der Waals surface area contributed by atoms with E-state index in [0.717, 1.165) is 11.3 Å².